The quantitative estimate of drug-likeness (QED) is 0.839. The second-order valence-corrected chi connectivity index (χ2v) is 8.19. The van der Waals surface area contributed by atoms with Gasteiger partial charge in [0.2, 0.25) is 11.8 Å². The monoisotopic (exact) mass is 320 g/mol. The fourth-order valence-corrected chi connectivity index (χ4v) is 4.44. The Labute approximate surface area is 138 Å². The first kappa shape index (κ1) is 15.4. The lowest BCUT2D eigenvalue weighted by Gasteiger charge is -2.48. The molecule has 4 fully saturated rings. The normalized spacial score (nSPS) is 29.7. The molecule has 1 atom stereocenters. The number of carbonyl (C=O) groups excluding carboxylic acids is 2. The maximum atomic E-state index is 12.4. The molecule has 2 aliphatic carbocycles. The maximum Gasteiger partial charge on any atom is 0.225 e. The molecule has 1 unspecified atom stereocenters. The predicted molar refractivity (Wildman–Crippen MR) is 85.7 cm³/mol. The number of rotatable bonds is 5. The molecule has 4 rings (SSSR count). The lowest BCUT2D eigenvalue weighted by atomic mass is 9.85. The zero-order valence-corrected chi connectivity index (χ0v) is 13.9. The fraction of sp³-hybridized carbons (Fsp3) is 0.889. The molecule has 5 nitrogen and oxygen atoms in total. The van der Waals surface area contributed by atoms with Gasteiger partial charge in [-0.05, 0) is 43.9 Å². The number of ether oxygens (including phenoxy) is 1. The molecule has 0 aromatic rings. The summed E-state index contributed by atoms with van der Waals surface area (Å²) in [7, 11) is 0. The average molecular weight is 320 g/mol. The van der Waals surface area contributed by atoms with Gasteiger partial charge in [-0.2, -0.15) is 0 Å². The summed E-state index contributed by atoms with van der Waals surface area (Å²) in [6, 6.07) is 0. The first-order valence-corrected chi connectivity index (χ1v) is 9.33. The van der Waals surface area contributed by atoms with Crippen molar-refractivity contribution in [2.45, 2.75) is 57.0 Å². The largest absolute Gasteiger partial charge is 0.371 e. The van der Waals surface area contributed by atoms with Crippen LogP contribution in [0.3, 0.4) is 0 Å². The van der Waals surface area contributed by atoms with Crippen LogP contribution >= 0.6 is 0 Å². The van der Waals surface area contributed by atoms with Gasteiger partial charge in [0.15, 0.2) is 0 Å². The van der Waals surface area contributed by atoms with Crippen LogP contribution < -0.4 is 5.32 Å². The summed E-state index contributed by atoms with van der Waals surface area (Å²) in [6.45, 7) is 2.99. The Morgan fingerprint density at radius 1 is 1.09 bits per heavy atom. The van der Waals surface area contributed by atoms with E-state index in [2.05, 4.69) is 5.32 Å². The van der Waals surface area contributed by atoms with Gasteiger partial charge in [0.05, 0.1) is 19.7 Å². The van der Waals surface area contributed by atoms with Crippen LogP contribution in [0, 0.1) is 17.8 Å². The topological polar surface area (TPSA) is 58.6 Å². The van der Waals surface area contributed by atoms with Gasteiger partial charge in [-0.25, -0.2) is 0 Å². The maximum absolute atomic E-state index is 12.4. The summed E-state index contributed by atoms with van der Waals surface area (Å²) in [4.78, 5) is 26.3. The van der Waals surface area contributed by atoms with Gasteiger partial charge in [0.1, 0.15) is 5.60 Å². The molecule has 5 heteroatoms. The van der Waals surface area contributed by atoms with Crippen molar-refractivity contribution in [1.29, 1.82) is 0 Å². The third-order valence-electron chi connectivity index (χ3n) is 6.02. The minimum absolute atomic E-state index is 0.143. The molecule has 128 valence electrons. The predicted octanol–water partition coefficient (Wildman–Crippen LogP) is 1.71. The summed E-state index contributed by atoms with van der Waals surface area (Å²) < 4.78 is 6.00. The van der Waals surface area contributed by atoms with E-state index in [9.17, 15) is 9.59 Å². The SMILES string of the molecule is O=C(CC1COC2(C1)CN(C(=O)C1CCCC1)C2)NCC1CC1. The molecule has 1 spiro atoms. The van der Waals surface area contributed by atoms with Crippen LogP contribution in [0.15, 0.2) is 0 Å². The Morgan fingerprint density at radius 3 is 2.52 bits per heavy atom. The van der Waals surface area contributed by atoms with Crippen molar-refractivity contribution in [2.24, 2.45) is 17.8 Å². The molecule has 2 amide bonds. The summed E-state index contributed by atoms with van der Waals surface area (Å²) >= 11 is 0. The molecule has 0 radical (unpaired) electrons. The second kappa shape index (κ2) is 6.08. The highest BCUT2D eigenvalue weighted by Gasteiger charge is 2.52. The summed E-state index contributed by atoms with van der Waals surface area (Å²) in [6.07, 6.45) is 8.55. The highest BCUT2D eigenvalue weighted by atomic mass is 16.5. The van der Waals surface area contributed by atoms with Crippen LogP contribution in [0.25, 0.3) is 0 Å². The highest BCUT2D eigenvalue weighted by molar-refractivity contribution is 5.80. The number of nitrogens with zero attached hydrogens (tertiary/aromatic N) is 1. The Morgan fingerprint density at radius 2 is 1.83 bits per heavy atom. The summed E-state index contributed by atoms with van der Waals surface area (Å²) in [5.74, 6) is 1.81. The molecule has 0 aromatic carbocycles. The van der Waals surface area contributed by atoms with Crippen LogP contribution in [-0.4, -0.2) is 48.6 Å². The third-order valence-corrected chi connectivity index (χ3v) is 6.02. The van der Waals surface area contributed by atoms with E-state index < -0.39 is 0 Å². The van der Waals surface area contributed by atoms with E-state index in [1.807, 2.05) is 4.90 Å². The number of likely N-dealkylation sites (tertiary alicyclic amines) is 1. The van der Waals surface area contributed by atoms with Crippen molar-refractivity contribution in [2.75, 3.05) is 26.2 Å². The molecular weight excluding hydrogens is 292 g/mol. The number of hydrogen-bond acceptors (Lipinski definition) is 3. The lowest BCUT2D eigenvalue weighted by Crippen LogP contribution is -2.64. The Bertz CT molecular complexity index is 477. The van der Waals surface area contributed by atoms with Crippen molar-refractivity contribution in [3.8, 4) is 0 Å². The van der Waals surface area contributed by atoms with Gasteiger partial charge in [0.25, 0.3) is 0 Å². The van der Waals surface area contributed by atoms with E-state index in [-0.39, 0.29) is 17.4 Å². The zero-order chi connectivity index (χ0) is 15.9. The van der Waals surface area contributed by atoms with E-state index in [0.717, 1.165) is 44.8 Å². The molecule has 0 bridgehead atoms. The Balaban J connectivity index is 1.20. The third kappa shape index (κ3) is 3.39. The van der Waals surface area contributed by atoms with Crippen molar-refractivity contribution in [3.63, 3.8) is 0 Å². The van der Waals surface area contributed by atoms with Gasteiger partial charge in [0, 0.05) is 18.9 Å². The van der Waals surface area contributed by atoms with E-state index >= 15 is 0 Å². The molecule has 1 N–H and O–H groups in total. The summed E-state index contributed by atoms with van der Waals surface area (Å²) in [5, 5.41) is 3.04. The van der Waals surface area contributed by atoms with Crippen molar-refractivity contribution >= 4 is 11.8 Å². The van der Waals surface area contributed by atoms with Crippen LogP contribution in [0.4, 0.5) is 0 Å². The number of amides is 2. The van der Waals surface area contributed by atoms with Gasteiger partial charge < -0.3 is 15.0 Å². The first-order chi connectivity index (χ1) is 11.1. The second-order valence-electron chi connectivity index (χ2n) is 8.19. The van der Waals surface area contributed by atoms with Crippen LogP contribution in [0.2, 0.25) is 0 Å². The van der Waals surface area contributed by atoms with Gasteiger partial charge in [-0.15, -0.1) is 0 Å². The van der Waals surface area contributed by atoms with Gasteiger partial charge in [-0.3, -0.25) is 9.59 Å². The van der Waals surface area contributed by atoms with Crippen molar-refractivity contribution in [1.82, 2.24) is 10.2 Å². The van der Waals surface area contributed by atoms with Crippen molar-refractivity contribution in [3.05, 3.63) is 0 Å². The number of carbonyl (C=O) groups is 2. The highest BCUT2D eigenvalue weighted by Crippen LogP contribution is 2.40. The van der Waals surface area contributed by atoms with Gasteiger partial charge in [-0.1, -0.05) is 12.8 Å². The zero-order valence-electron chi connectivity index (χ0n) is 13.9. The van der Waals surface area contributed by atoms with Crippen LogP contribution in [-0.2, 0) is 14.3 Å². The fourth-order valence-electron chi connectivity index (χ4n) is 4.44. The summed E-state index contributed by atoms with van der Waals surface area (Å²) in [5.41, 5.74) is -0.143. The number of hydrogen-bond donors (Lipinski definition) is 1. The van der Waals surface area contributed by atoms with E-state index in [0.29, 0.717) is 24.9 Å². The molecule has 2 aliphatic heterocycles. The molecular formula is C18H28N2O3. The number of nitrogens with one attached hydrogen (secondary N) is 1. The van der Waals surface area contributed by atoms with Crippen LogP contribution in [0.5, 0.6) is 0 Å². The molecule has 2 heterocycles. The molecule has 4 aliphatic rings. The average Bonchev–Trinajstić information content (AvgIpc) is 3.00. The Hall–Kier alpha value is -1.10. The standard InChI is InChI=1S/C18H28N2O3/c21-16(19-9-13-5-6-13)7-14-8-18(23-10-14)11-20(12-18)17(22)15-3-1-2-4-15/h13-15H,1-12H2,(H,19,21). The Kier molecular flexibility index (Phi) is 4.08. The molecule has 23 heavy (non-hydrogen) atoms. The molecule has 2 saturated carbocycles. The lowest BCUT2D eigenvalue weighted by molar-refractivity contribution is -0.161. The van der Waals surface area contributed by atoms with Crippen LogP contribution in [0.1, 0.15) is 51.4 Å². The minimum Gasteiger partial charge on any atom is -0.371 e. The van der Waals surface area contributed by atoms with E-state index in [1.165, 1.54) is 25.7 Å². The first-order valence-electron chi connectivity index (χ1n) is 9.33. The minimum atomic E-state index is -0.143. The molecule has 0 aromatic heterocycles. The van der Waals surface area contributed by atoms with Crippen molar-refractivity contribution < 1.29 is 14.3 Å². The van der Waals surface area contributed by atoms with Gasteiger partial charge >= 0.3 is 0 Å². The van der Waals surface area contributed by atoms with E-state index in [1.54, 1.807) is 0 Å². The molecule has 2 saturated heterocycles. The van der Waals surface area contributed by atoms with E-state index in [4.69, 9.17) is 4.74 Å². The smallest absolute Gasteiger partial charge is 0.225 e.